The van der Waals surface area contributed by atoms with Crippen molar-refractivity contribution in [2.45, 2.75) is 6.92 Å². The molecule has 10 nitrogen and oxygen atoms in total. The van der Waals surface area contributed by atoms with Crippen molar-refractivity contribution in [3.63, 3.8) is 0 Å². The van der Waals surface area contributed by atoms with Gasteiger partial charge in [-0.3, -0.25) is 14.9 Å². The van der Waals surface area contributed by atoms with Crippen LogP contribution in [0.25, 0.3) is 6.08 Å². The number of nitriles is 1. The lowest BCUT2D eigenvalue weighted by Gasteiger charge is -2.19. The van der Waals surface area contributed by atoms with E-state index >= 15 is 0 Å². The summed E-state index contributed by atoms with van der Waals surface area (Å²) in [6.45, 7) is 2.76. The molecular formula is C21H19N3O7. The number of ether oxygens (including phenoxy) is 4. The van der Waals surface area contributed by atoms with Crippen molar-refractivity contribution in [3.05, 3.63) is 51.6 Å². The highest BCUT2D eigenvalue weighted by Gasteiger charge is 2.24. The first-order chi connectivity index (χ1) is 15.0. The van der Waals surface area contributed by atoms with Crippen LogP contribution in [0.2, 0.25) is 0 Å². The van der Waals surface area contributed by atoms with E-state index in [0.29, 0.717) is 23.7 Å². The largest absolute Gasteiger partial charge is 0.492 e. The van der Waals surface area contributed by atoms with Crippen molar-refractivity contribution in [1.29, 1.82) is 5.26 Å². The zero-order valence-corrected chi connectivity index (χ0v) is 16.8. The van der Waals surface area contributed by atoms with Crippen LogP contribution in [0, 0.1) is 21.4 Å². The van der Waals surface area contributed by atoms with Gasteiger partial charge < -0.3 is 24.3 Å². The van der Waals surface area contributed by atoms with Crippen LogP contribution in [-0.2, 0) is 4.79 Å². The predicted molar refractivity (Wildman–Crippen MR) is 110 cm³/mol. The molecule has 0 atom stereocenters. The molecule has 1 aliphatic rings. The maximum atomic E-state index is 12.7. The molecule has 0 fully saturated rings. The molecule has 0 aliphatic carbocycles. The van der Waals surface area contributed by atoms with E-state index in [9.17, 15) is 20.2 Å². The second-order valence-electron chi connectivity index (χ2n) is 6.21. The van der Waals surface area contributed by atoms with Crippen molar-refractivity contribution in [1.82, 2.24) is 0 Å². The lowest BCUT2D eigenvalue weighted by atomic mass is 10.1. The molecule has 3 rings (SSSR count). The number of amides is 1. The van der Waals surface area contributed by atoms with Gasteiger partial charge in [-0.05, 0) is 19.1 Å². The molecule has 2 aromatic rings. The number of carbonyl (C=O) groups is 1. The molecule has 1 heterocycles. The molecule has 0 bridgehead atoms. The van der Waals surface area contributed by atoms with Crippen LogP contribution < -0.4 is 24.3 Å². The van der Waals surface area contributed by atoms with Gasteiger partial charge in [-0.15, -0.1) is 0 Å². The minimum Gasteiger partial charge on any atom is -0.492 e. The lowest BCUT2D eigenvalue weighted by molar-refractivity contribution is -0.384. The molecule has 31 heavy (non-hydrogen) atoms. The maximum absolute atomic E-state index is 12.7. The fraction of sp³-hybridized carbons (Fsp3) is 0.238. The van der Waals surface area contributed by atoms with E-state index in [1.807, 2.05) is 13.0 Å². The molecule has 2 aromatic carbocycles. The number of nitrogens with one attached hydrogen (secondary N) is 1. The average molecular weight is 425 g/mol. The van der Waals surface area contributed by atoms with Gasteiger partial charge in [0.05, 0.1) is 24.7 Å². The van der Waals surface area contributed by atoms with Gasteiger partial charge in [0.1, 0.15) is 30.5 Å². The van der Waals surface area contributed by atoms with E-state index in [4.69, 9.17) is 18.9 Å². The quantitative estimate of drug-likeness (QED) is 0.309. The minimum atomic E-state index is -0.828. The van der Waals surface area contributed by atoms with Crippen LogP contribution in [0.15, 0.2) is 35.9 Å². The fourth-order valence-electron chi connectivity index (χ4n) is 2.96. The lowest BCUT2D eigenvalue weighted by Crippen LogP contribution is -2.18. The minimum absolute atomic E-state index is 0.115. The summed E-state index contributed by atoms with van der Waals surface area (Å²) in [7, 11) is 1.44. The molecule has 0 radical (unpaired) electrons. The van der Waals surface area contributed by atoms with Crippen LogP contribution in [0.1, 0.15) is 12.5 Å². The molecule has 1 aliphatic heterocycles. The number of anilines is 1. The zero-order valence-electron chi connectivity index (χ0n) is 16.8. The molecule has 160 valence electrons. The third-order valence-corrected chi connectivity index (χ3v) is 4.28. The molecule has 0 aromatic heterocycles. The van der Waals surface area contributed by atoms with Gasteiger partial charge in [0.15, 0.2) is 23.0 Å². The predicted octanol–water partition coefficient (Wildman–Crippen LogP) is 3.32. The van der Waals surface area contributed by atoms with Crippen molar-refractivity contribution in [3.8, 4) is 29.1 Å². The third kappa shape index (κ3) is 4.67. The SMILES string of the molecule is CCOc1cccc(C=C(C#N)C(=O)Nc2cc3c(cc2[N+](=O)[O-])OCCO3)c1OC. The number of carbonyl (C=O) groups excluding carboxylic acids is 1. The standard InChI is InChI=1S/C21H19N3O7/c1-3-29-17-6-4-5-13(20(17)28-2)9-14(12-22)21(25)23-15-10-18-19(31-8-7-30-18)11-16(15)24(26)27/h4-6,9-11H,3,7-8H2,1-2H3,(H,23,25). The third-order valence-electron chi connectivity index (χ3n) is 4.28. The van der Waals surface area contributed by atoms with Crippen LogP contribution in [0.3, 0.4) is 0 Å². The number of nitro benzene ring substituents is 1. The van der Waals surface area contributed by atoms with Crippen LogP contribution >= 0.6 is 0 Å². The van der Waals surface area contributed by atoms with E-state index < -0.39 is 10.8 Å². The summed E-state index contributed by atoms with van der Waals surface area (Å²) in [5.41, 5.74) is -0.339. The summed E-state index contributed by atoms with van der Waals surface area (Å²) in [5, 5.41) is 23.4. The first-order valence-electron chi connectivity index (χ1n) is 9.29. The van der Waals surface area contributed by atoms with Crippen molar-refractivity contribution in [2.24, 2.45) is 0 Å². The number of hydrogen-bond acceptors (Lipinski definition) is 8. The van der Waals surface area contributed by atoms with Gasteiger partial charge in [-0.25, -0.2) is 0 Å². The summed E-state index contributed by atoms with van der Waals surface area (Å²) in [6, 6.07) is 9.33. The zero-order chi connectivity index (χ0) is 22.4. The van der Waals surface area contributed by atoms with Crippen molar-refractivity contribution in [2.75, 3.05) is 32.2 Å². The van der Waals surface area contributed by atoms with Crippen LogP contribution in [0.5, 0.6) is 23.0 Å². The number of rotatable bonds is 7. The fourth-order valence-corrected chi connectivity index (χ4v) is 2.96. The Balaban J connectivity index is 1.95. The molecule has 0 saturated carbocycles. The van der Waals surface area contributed by atoms with E-state index in [-0.39, 0.29) is 41.7 Å². The summed E-state index contributed by atoms with van der Waals surface area (Å²) in [6.07, 6.45) is 1.32. The van der Waals surface area contributed by atoms with Crippen molar-refractivity contribution < 1.29 is 28.7 Å². The Morgan fingerprint density at radius 1 is 1.32 bits per heavy atom. The van der Waals surface area contributed by atoms with Gasteiger partial charge in [-0.1, -0.05) is 12.1 Å². The average Bonchev–Trinajstić information content (AvgIpc) is 2.77. The highest BCUT2D eigenvalue weighted by Crippen LogP contribution is 2.39. The van der Waals surface area contributed by atoms with E-state index in [0.717, 1.165) is 0 Å². The second kappa shape index (κ2) is 9.49. The van der Waals surface area contributed by atoms with Gasteiger partial charge in [0.2, 0.25) is 0 Å². The van der Waals surface area contributed by atoms with E-state index in [2.05, 4.69) is 5.32 Å². The second-order valence-corrected chi connectivity index (χ2v) is 6.21. The summed E-state index contributed by atoms with van der Waals surface area (Å²) >= 11 is 0. The Bertz CT molecular complexity index is 1090. The number of nitro groups is 1. The molecular weight excluding hydrogens is 406 g/mol. The number of methoxy groups -OCH3 is 1. The van der Waals surface area contributed by atoms with Crippen LogP contribution in [-0.4, -0.2) is 37.8 Å². The summed E-state index contributed by atoms with van der Waals surface area (Å²) in [5.74, 6) is 0.463. The Morgan fingerprint density at radius 3 is 2.65 bits per heavy atom. The van der Waals surface area contributed by atoms with Gasteiger partial charge in [0.25, 0.3) is 11.6 Å². The smallest absolute Gasteiger partial charge is 0.296 e. The number of benzene rings is 2. The molecule has 1 amide bonds. The van der Waals surface area contributed by atoms with Gasteiger partial charge >= 0.3 is 0 Å². The summed E-state index contributed by atoms with van der Waals surface area (Å²) in [4.78, 5) is 23.5. The highest BCUT2D eigenvalue weighted by molar-refractivity contribution is 6.10. The Kier molecular flexibility index (Phi) is 6.57. The number of nitrogens with zero attached hydrogens (tertiary/aromatic N) is 2. The first-order valence-corrected chi connectivity index (χ1v) is 9.29. The van der Waals surface area contributed by atoms with E-state index in [1.165, 1.54) is 25.3 Å². The first kappa shape index (κ1) is 21.4. The van der Waals surface area contributed by atoms with Gasteiger partial charge in [0, 0.05) is 11.6 Å². The number of hydrogen-bond donors (Lipinski definition) is 1. The molecule has 0 spiro atoms. The summed E-state index contributed by atoms with van der Waals surface area (Å²) < 4.78 is 21.6. The molecule has 0 unspecified atom stereocenters. The van der Waals surface area contributed by atoms with Crippen LogP contribution in [0.4, 0.5) is 11.4 Å². The Hall–Kier alpha value is -4.26. The Labute approximate surface area is 177 Å². The normalized spacial score (nSPS) is 12.5. The highest BCUT2D eigenvalue weighted by atomic mass is 16.6. The van der Waals surface area contributed by atoms with E-state index in [1.54, 1.807) is 18.2 Å². The topological polar surface area (TPSA) is 133 Å². The van der Waals surface area contributed by atoms with Gasteiger partial charge in [-0.2, -0.15) is 5.26 Å². The number of fused-ring (bicyclic) bond motifs is 1. The maximum Gasteiger partial charge on any atom is 0.296 e. The molecule has 0 saturated heterocycles. The van der Waals surface area contributed by atoms with Crippen molar-refractivity contribution >= 4 is 23.4 Å². The molecule has 10 heteroatoms. The monoisotopic (exact) mass is 425 g/mol. The Morgan fingerprint density at radius 2 is 2.03 bits per heavy atom. The molecule has 1 N–H and O–H groups in total. The number of para-hydroxylation sites is 1.